The minimum Gasteiger partial charge on any atom is -0.248 e. The van der Waals surface area contributed by atoms with Crippen molar-refractivity contribution in [3.05, 3.63) is 89.0 Å². The lowest BCUT2D eigenvalue weighted by Gasteiger charge is -2.12. The zero-order valence-corrected chi connectivity index (χ0v) is 15.0. The fraction of sp³-hybridized carbons (Fsp3) is 0.0800. The highest BCUT2D eigenvalue weighted by Crippen LogP contribution is 2.35. The monoisotopic (exact) mass is 333 g/mol. The third-order valence-electron chi connectivity index (χ3n) is 5.27. The van der Waals surface area contributed by atoms with Crippen LogP contribution >= 0.6 is 0 Å². The van der Waals surface area contributed by atoms with Crippen LogP contribution in [0.1, 0.15) is 22.3 Å². The molecule has 0 spiro atoms. The Morgan fingerprint density at radius 1 is 0.654 bits per heavy atom. The van der Waals surface area contributed by atoms with Crippen molar-refractivity contribution >= 4 is 23.1 Å². The molecular weight excluding hydrogens is 314 g/mol. The Morgan fingerprint density at radius 3 is 2.19 bits per heavy atom. The summed E-state index contributed by atoms with van der Waals surface area (Å²) in [5.41, 5.74) is 11.0. The number of aryl methyl sites for hydroxylation is 2. The van der Waals surface area contributed by atoms with Crippen LogP contribution in [0.25, 0.3) is 45.4 Å². The van der Waals surface area contributed by atoms with Crippen LogP contribution in [0.4, 0.5) is 0 Å². The first-order chi connectivity index (χ1) is 12.7. The SMILES string of the molecule is Cc1cccc(C)c1-c1cccc(-c2cc3c4c(cccc4n2)C=C3)c1. The lowest BCUT2D eigenvalue weighted by Crippen LogP contribution is -1.91. The van der Waals surface area contributed by atoms with Gasteiger partial charge in [-0.15, -0.1) is 0 Å². The molecule has 5 rings (SSSR count). The van der Waals surface area contributed by atoms with E-state index in [4.69, 9.17) is 4.98 Å². The van der Waals surface area contributed by atoms with E-state index < -0.39 is 0 Å². The lowest BCUT2D eigenvalue weighted by molar-refractivity contribution is 1.37. The maximum Gasteiger partial charge on any atom is 0.0721 e. The van der Waals surface area contributed by atoms with Crippen LogP contribution in [-0.2, 0) is 0 Å². The average Bonchev–Trinajstić information content (AvgIpc) is 3.07. The van der Waals surface area contributed by atoms with E-state index in [1.807, 2.05) is 0 Å². The fourth-order valence-corrected chi connectivity index (χ4v) is 4.05. The van der Waals surface area contributed by atoms with Crippen LogP contribution in [0.2, 0.25) is 0 Å². The zero-order valence-electron chi connectivity index (χ0n) is 15.0. The highest BCUT2D eigenvalue weighted by molar-refractivity contribution is 6.04. The van der Waals surface area contributed by atoms with Gasteiger partial charge in [0.2, 0.25) is 0 Å². The molecule has 4 aromatic rings. The van der Waals surface area contributed by atoms with Gasteiger partial charge >= 0.3 is 0 Å². The molecule has 0 aliphatic heterocycles. The van der Waals surface area contributed by atoms with Gasteiger partial charge in [-0.05, 0) is 65.4 Å². The Balaban J connectivity index is 1.69. The largest absolute Gasteiger partial charge is 0.248 e. The van der Waals surface area contributed by atoms with Crippen molar-refractivity contribution in [3.8, 4) is 22.4 Å². The number of benzene rings is 3. The van der Waals surface area contributed by atoms with Gasteiger partial charge in [-0.3, -0.25) is 0 Å². The molecule has 1 aliphatic carbocycles. The number of hydrogen-bond acceptors (Lipinski definition) is 1. The minimum absolute atomic E-state index is 1.03. The van der Waals surface area contributed by atoms with E-state index in [-0.39, 0.29) is 0 Å². The van der Waals surface area contributed by atoms with E-state index in [0.29, 0.717) is 0 Å². The van der Waals surface area contributed by atoms with Crippen molar-refractivity contribution in [1.82, 2.24) is 4.98 Å². The normalized spacial score (nSPS) is 12.1. The summed E-state index contributed by atoms with van der Waals surface area (Å²) < 4.78 is 0. The molecule has 0 atom stereocenters. The number of nitrogens with zero attached hydrogens (tertiary/aromatic N) is 1. The van der Waals surface area contributed by atoms with Gasteiger partial charge in [0.15, 0.2) is 0 Å². The molecule has 0 N–H and O–H groups in total. The van der Waals surface area contributed by atoms with Crippen molar-refractivity contribution in [3.63, 3.8) is 0 Å². The fourth-order valence-electron chi connectivity index (χ4n) is 4.05. The summed E-state index contributed by atoms with van der Waals surface area (Å²) in [6.45, 7) is 4.35. The minimum atomic E-state index is 1.03. The van der Waals surface area contributed by atoms with Gasteiger partial charge in [0.05, 0.1) is 11.2 Å². The maximum atomic E-state index is 4.95. The number of hydrogen-bond donors (Lipinski definition) is 0. The van der Waals surface area contributed by atoms with Crippen LogP contribution in [0.5, 0.6) is 0 Å². The van der Waals surface area contributed by atoms with E-state index in [9.17, 15) is 0 Å². The van der Waals surface area contributed by atoms with Gasteiger partial charge in [-0.25, -0.2) is 4.98 Å². The molecule has 0 bridgehead atoms. The van der Waals surface area contributed by atoms with Crippen molar-refractivity contribution in [1.29, 1.82) is 0 Å². The second-order valence-corrected chi connectivity index (χ2v) is 7.02. The third kappa shape index (κ3) is 2.28. The first-order valence-electron chi connectivity index (χ1n) is 8.99. The van der Waals surface area contributed by atoms with Gasteiger partial charge in [-0.1, -0.05) is 60.7 Å². The average molecular weight is 333 g/mol. The molecule has 1 aromatic heterocycles. The van der Waals surface area contributed by atoms with Crippen LogP contribution in [0, 0.1) is 13.8 Å². The van der Waals surface area contributed by atoms with Crippen LogP contribution in [-0.4, -0.2) is 4.98 Å². The quantitative estimate of drug-likeness (QED) is 0.351. The zero-order chi connectivity index (χ0) is 17.7. The summed E-state index contributed by atoms with van der Waals surface area (Å²) in [5, 5.41) is 1.27. The Kier molecular flexibility index (Phi) is 3.29. The van der Waals surface area contributed by atoms with E-state index in [1.54, 1.807) is 0 Å². The van der Waals surface area contributed by atoms with E-state index >= 15 is 0 Å². The summed E-state index contributed by atoms with van der Waals surface area (Å²) in [4.78, 5) is 4.95. The van der Waals surface area contributed by atoms with E-state index in [0.717, 1.165) is 16.8 Å². The van der Waals surface area contributed by atoms with E-state index in [2.05, 4.69) is 92.7 Å². The molecule has 0 unspecified atom stereocenters. The summed E-state index contributed by atoms with van der Waals surface area (Å²) in [5.74, 6) is 0. The molecular formula is C25H19N. The summed E-state index contributed by atoms with van der Waals surface area (Å²) >= 11 is 0. The van der Waals surface area contributed by atoms with Gasteiger partial charge in [0.25, 0.3) is 0 Å². The number of aromatic nitrogens is 1. The summed E-state index contributed by atoms with van der Waals surface area (Å²) in [7, 11) is 0. The predicted octanol–water partition coefficient (Wildman–Crippen LogP) is 6.67. The van der Waals surface area contributed by atoms with Crippen molar-refractivity contribution in [2.45, 2.75) is 13.8 Å². The third-order valence-corrected chi connectivity index (χ3v) is 5.27. The van der Waals surface area contributed by atoms with Crippen molar-refractivity contribution in [2.24, 2.45) is 0 Å². The Morgan fingerprint density at radius 2 is 1.35 bits per heavy atom. The van der Waals surface area contributed by atoms with Crippen molar-refractivity contribution < 1.29 is 0 Å². The molecule has 1 nitrogen and oxygen atoms in total. The van der Waals surface area contributed by atoms with Crippen LogP contribution in [0.3, 0.4) is 0 Å². The Hall–Kier alpha value is -3.19. The molecule has 0 amide bonds. The lowest BCUT2D eigenvalue weighted by atomic mass is 9.94. The number of pyridine rings is 1. The standard InChI is InChI=1S/C25H19N/c1-16-6-3-7-17(2)24(16)20-10-4-9-19(14-20)23-15-21-13-12-18-8-5-11-22(26-23)25(18)21/h3-15H,1-2H3. The first-order valence-corrected chi connectivity index (χ1v) is 8.99. The molecule has 26 heavy (non-hydrogen) atoms. The maximum absolute atomic E-state index is 4.95. The number of rotatable bonds is 2. The second kappa shape index (κ2) is 5.67. The molecule has 0 fully saturated rings. The van der Waals surface area contributed by atoms with Gasteiger partial charge < -0.3 is 0 Å². The van der Waals surface area contributed by atoms with Crippen LogP contribution < -0.4 is 0 Å². The topological polar surface area (TPSA) is 12.9 Å². The predicted molar refractivity (Wildman–Crippen MR) is 111 cm³/mol. The van der Waals surface area contributed by atoms with Gasteiger partial charge in [0, 0.05) is 10.9 Å². The first kappa shape index (κ1) is 15.1. The van der Waals surface area contributed by atoms with Crippen molar-refractivity contribution in [2.75, 3.05) is 0 Å². The highest BCUT2D eigenvalue weighted by Gasteiger charge is 2.13. The van der Waals surface area contributed by atoms with Gasteiger partial charge in [-0.2, -0.15) is 0 Å². The molecule has 0 radical (unpaired) electrons. The summed E-state index contributed by atoms with van der Waals surface area (Å²) in [6.07, 6.45) is 4.37. The smallest absolute Gasteiger partial charge is 0.0721 e. The Labute approximate surface area is 153 Å². The highest BCUT2D eigenvalue weighted by atomic mass is 14.7. The van der Waals surface area contributed by atoms with Gasteiger partial charge in [0.1, 0.15) is 0 Å². The molecule has 0 saturated carbocycles. The molecule has 1 heterocycles. The molecule has 1 aliphatic rings. The summed E-state index contributed by atoms with van der Waals surface area (Å²) in [6, 6.07) is 23.8. The molecule has 3 aromatic carbocycles. The van der Waals surface area contributed by atoms with Crippen LogP contribution in [0.15, 0.2) is 66.7 Å². The molecule has 1 heteroatoms. The Bertz CT molecular complexity index is 1180. The molecule has 0 saturated heterocycles. The van der Waals surface area contributed by atoms with E-state index in [1.165, 1.54) is 38.8 Å². The second-order valence-electron chi connectivity index (χ2n) is 7.02. The molecule has 124 valence electrons.